The van der Waals surface area contributed by atoms with Crippen LogP contribution in [0.1, 0.15) is 25.0 Å². The minimum absolute atomic E-state index is 0.195. The molecule has 0 aliphatic rings. The summed E-state index contributed by atoms with van der Waals surface area (Å²) in [5.41, 5.74) is 4.23. The van der Waals surface area contributed by atoms with E-state index in [1.807, 2.05) is 31.2 Å². The zero-order valence-electron chi connectivity index (χ0n) is 10.7. The Morgan fingerprint density at radius 3 is 2.39 bits per heavy atom. The van der Waals surface area contributed by atoms with Gasteiger partial charge in [-0.05, 0) is 18.1 Å². The first-order valence-electron chi connectivity index (χ1n) is 5.90. The van der Waals surface area contributed by atoms with Gasteiger partial charge in [-0.1, -0.05) is 31.2 Å². The van der Waals surface area contributed by atoms with Crippen LogP contribution in [0.2, 0.25) is 0 Å². The standard InChI is InChI=1S/C13H20N2O2S/c1-9(16)10(2)18-8-12-5-3-11(4-6-12)7-13(17)15-14/h3-6,9-10,16H,7-8,14H2,1-2H3,(H,15,17). The molecule has 0 aliphatic heterocycles. The number of nitrogens with two attached hydrogens (primary N) is 1. The predicted molar refractivity (Wildman–Crippen MR) is 74.9 cm³/mol. The SMILES string of the molecule is CC(O)C(C)SCc1ccc(CC(=O)NN)cc1. The molecule has 1 aromatic carbocycles. The first-order chi connectivity index (χ1) is 8.52. The van der Waals surface area contributed by atoms with Gasteiger partial charge in [0.05, 0.1) is 12.5 Å². The fourth-order valence-electron chi connectivity index (χ4n) is 1.36. The lowest BCUT2D eigenvalue weighted by Gasteiger charge is -2.13. The van der Waals surface area contributed by atoms with Crippen LogP contribution >= 0.6 is 11.8 Å². The summed E-state index contributed by atoms with van der Waals surface area (Å²) in [6.07, 6.45) is -0.00362. The second-order valence-electron chi connectivity index (χ2n) is 4.32. The van der Waals surface area contributed by atoms with E-state index in [9.17, 15) is 9.90 Å². The average molecular weight is 268 g/mol. The topological polar surface area (TPSA) is 75.3 Å². The summed E-state index contributed by atoms with van der Waals surface area (Å²) in [4.78, 5) is 11.1. The van der Waals surface area contributed by atoms with Crippen LogP contribution in [0, 0.1) is 0 Å². The van der Waals surface area contributed by atoms with E-state index >= 15 is 0 Å². The lowest BCUT2D eigenvalue weighted by atomic mass is 10.1. The second-order valence-corrected chi connectivity index (χ2v) is 5.68. The number of nitrogens with one attached hydrogen (secondary N) is 1. The van der Waals surface area contributed by atoms with E-state index in [1.165, 1.54) is 5.56 Å². The van der Waals surface area contributed by atoms with Crippen molar-refractivity contribution in [1.29, 1.82) is 0 Å². The minimum atomic E-state index is -0.303. The number of aliphatic hydroxyl groups excluding tert-OH is 1. The molecule has 0 spiro atoms. The highest BCUT2D eigenvalue weighted by Gasteiger charge is 2.09. The molecule has 0 heterocycles. The van der Waals surface area contributed by atoms with Gasteiger partial charge in [0, 0.05) is 11.0 Å². The third-order valence-corrected chi connectivity index (χ3v) is 4.16. The van der Waals surface area contributed by atoms with Crippen LogP contribution in [0.15, 0.2) is 24.3 Å². The summed E-state index contributed by atoms with van der Waals surface area (Å²) < 4.78 is 0. The highest BCUT2D eigenvalue weighted by molar-refractivity contribution is 7.99. The predicted octanol–water partition coefficient (Wildman–Crippen LogP) is 1.22. The quantitative estimate of drug-likeness (QED) is 0.412. The third kappa shape index (κ3) is 5.08. The maximum Gasteiger partial charge on any atom is 0.238 e. The number of hydrazine groups is 1. The molecule has 5 heteroatoms. The zero-order chi connectivity index (χ0) is 13.5. The molecule has 1 aromatic rings. The molecule has 0 aliphatic carbocycles. The molecule has 4 N–H and O–H groups in total. The number of carbonyl (C=O) groups excluding carboxylic acids is 1. The fraction of sp³-hybridized carbons (Fsp3) is 0.462. The molecule has 0 fully saturated rings. The Morgan fingerprint density at radius 2 is 1.89 bits per heavy atom. The highest BCUT2D eigenvalue weighted by Crippen LogP contribution is 2.20. The molecule has 1 rings (SSSR count). The molecule has 0 saturated carbocycles. The summed E-state index contributed by atoms with van der Waals surface area (Å²) in [6.45, 7) is 3.81. The van der Waals surface area contributed by atoms with Crippen molar-refractivity contribution >= 4 is 17.7 Å². The van der Waals surface area contributed by atoms with Crippen molar-refractivity contribution in [3.63, 3.8) is 0 Å². The first-order valence-corrected chi connectivity index (χ1v) is 6.94. The Kier molecular flexibility index (Phi) is 6.18. The number of rotatable bonds is 6. The number of thioether (sulfide) groups is 1. The van der Waals surface area contributed by atoms with Crippen molar-refractivity contribution in [3.05, 3.63) is 35.4 Å². The van der Waals surface area contributed by atoms with Gasteiger partial charge in [-0.15, -0.1) is 0 Å². The van der Waals surface area contributed by atoms with E-state index in [0.29, 0.717) is 6.42 Å². The largest absolute Gasteiger partial charge is 0.392 e. The molecule has 4 nitrogen and oxygen atoms in total. The van der Waals surface area contributed by atoms with E-state index < -0.39 is 0 Å². The van der Waals surface area contributed by atoms with Crippen molar-refractivity contribution in [1.82, 2.24) is 5.43 Å². The molecule has 2 atom stereocenters. The van der Waals surface area contributed by atoms with Gasteiger partial charge in [-0.25, -0.2) is 5.84 Å². The van der Waals surface area contributed by atoms with Gasteiger partial charge in [-0.2, -0.15) is 11.8 Å². The number of benzene rings is 1. The molecular formula is C13H20N2O2S. The van der Waals surface area contributed by atoms with Crippen molar-refractivity contribution < 1.29 is 9.90 Å². The first kappa shape index (κ1) is 15.0. The second kappa shape index (κ2) is 7.41. The van der Waals surface area contributed by atoms with Crippen LogP contribution in [-0.4, -0.2) is 22.4 Å². The van der Waals surface area contributed by atoms with E-state index in [2.05, 4.69) is 5.43 Å². The van der Waals surface area contributed by atoms with Gasteiger partial charge in [0.2, 0.25) is 5.91 Å². The molecule has 18 heavy (non-hydrogen) atoms. The molecule has 0 bridgehead atoms. The maximum atomic E-state index is 11.1. The molecular weight excluding hydrogens is 248 g/mol. The van der Waals surface area contributed by atoms with Crippen LogP contribution in [0.25, 0.3) is 0 Å². The van der Waals surface area contributed by atoms with Gasteiger partial charge >= 0.3 is 0 Å². The molecule has 2 unspecified atom stereocenters. The minimum Gasteiger partial charge on any atom is -0.392 e. The monoisotopic (exact) mass is 268 g/mol. The summed E-state index contributed by atoms with van der Waals surface area (Å²) in [7, 11) is 0. The van der Waals surface area contributed by atoms with E-state index in [0.717, 1.165) is 11.3 Å². The van der Waals surface area contributed by atoms with Crippen LogP contribution in [0.5, 0.6) is 0 Å². The Hall–Kier alpha value is -1.04. The molecule has 1 amide bonds. The van der Waals surface area contributed by atoms with Crippen LogP contribution in [0.3, 0.4) is 0 Å². The Morgan fingerprint density at radius 1 is 1.33 bits per heavy atom. The molecule has 100 valence electrons. The summed E-state index contributed by atoms with van der Waals surface area (Å²) in [6, 6.07) is 7.86. The van der Waals surface area contributed by atoms with Gasteiger partial charge in [-0.3, -0.25) is 10.2 Å². The number of hydrogen-bond acceptors (Lipinski definition) is 4. The van der Waals surface area contributed by atoms with Crippen molar-refractivity contribution in [3.8, 4) is 0 Å². The lowest BCUT2D eigenvalue weighted by Crippen LogP contribution is -2.31. The lowest BCUT2D eigenvalue weighted by molar-refractivity contribution is -0.120. The fourth-order valence-corrected chi connectivity index (χ4v) is 2.28. The summed E-state index contributed by atoms with van der Waals surface area (Å²) >= 11 is 1.71. The number of carbonyl (C=O) groups is 1. The maximum absolute atomic E-state index is 11.1. The van der Waals surface area contributed by atoms with Crippen LogP contribution in [0.4, 0.5) is 0 Å². The van der Waals surface area contributed by atoms with Crippen molar-refractivity contribution in [2.24, 2.45) is 5.84 Å². The van der Waals surface area contributed by atoms with Crippen molar-refractivity contribution in [2.45, 2.75) is 37.4 Å². The normalized spacial score (nSPS) is 14.0. The molecule has 0 radical (unpaired) electrons. The summed E-state index contributed by atoms with van der Waals surface area (Å²) in [5, 5.41) is 9.61. The van der Waals surface area contributed by atoms with E-state index in [1.54, 1.807) is 18.7 Å². The van der Waals surface area contributed by atoms with Crippen molar-refractivity contribution in [2.75, 3.05) is 0 Å². The third-order valence-electron chi connectivity index (χ3n) is 2.74. The van der Waals surface area contributed by atoms with Crippen LogP contribution in [-0.2, 0) is 17.0 Å². The smallest absolute Gasteiger partial charge is 0.238 e. The molecule has 0 saturated heterocycles. The van der Waals surface area contributed by atoms with E-state index in [4.69, 9.17) is 5.84 Å². The highest BCUT2D eigenvalue weighted by atomic mass is 32.2. The van der Waals surface area contributed by atoms with Gasteiger partial charge in [0.1, 0.15) is 0 Å². The van der Waals surface area contributed by atoms with Gasteiger partial charge < -0.3 is 5.11 Å². The number of aliphatic hydroxyl groups is 1. The number of amides is 1. The van der Waals surface area contributed by atoms with Gasteiger partial charge in [0.15, 0.2) is 0 Å². The number of hydrogen-bond donors (Lipinski definition) is 3. The van der Waals surface area contributed by atoms with Gasteiger partial charge in [0.25, 0.3) is 0 Å². The van der Waals surface area contributed by atoms with Crippen LogP contribution < -0.4 is 11.3 Å². The Labute approximate surface area is 112 Å². The summed E-state index contributed by atoms with van der Waals surface area (Å²) in [5.74, 6) is 5.69. The van der Waals surface area contributed by atoms with E-state index in [-0.39, 0.29) is 17.3 Å². The average Bonchev–Trinajstić information content (AvgIpc) is 2.37. The molecule has 0 aromatic heterocycles. The Balaban J connectivity index is 2.47. The zero-order valence-corrected chi connectivity index (χ0v) is 11.5. The Bertz CT molecular complexity index is 379.